The Balaban J connectivity index is 2.31. The number of Topliss-reactive ketones (excluding diaryl/α,β-unsaturated/α-hetero) is 1. The molecular weight excluding hydrogens is 206 g/mol. The molecule has 1 heterocycles. The maximum Gasteiger partial charge on any atom is 0.236 e. The Hall–Kier alpha value is -1.23. The van der Waals surface area contributed by atoms with E-state index < -0.39 is 5.92 Å². The molecule has 1 rings (SSSR count). The summed E-state index contributed by atoms with van der Waals surface area (Å²) >= 11 is 0. The molecule has 0 saturated carbocycles. The monoisotopic (exact) mass is 225 g/mol. The maximum atomic E-state index is 11.2. The van der Waals surface area contributed by atoms with Gasteiger partial charge >= 0.3 is 0 Å². The summed E-state index contributed by atoms with van der Waals surface area (Å²) in [5.41, 5.74) is 0. The number of rotatable bonds is 6. The molecule has 1 N–H and O–H groups in total. The molecule has 0 bridgehead atoms. The minimum Gasteiger partial charge on any atom is -0.348 e. The van der Waals surface area contributed by atoms with E-state index in [-0.39, 0.29) is 18.2 Å². The van der Waals surface area contributed by atoms with Gasteiger partial charge in [-0.2, -0.15) is 0 Å². The summed E-state index contributed by atoms with van der Waals surface area (Å²) in [5.74, 6) is -0.968. The molecule has 1 aliphatic rings. The van der Waals surface area contributed by atoms with Gasteiger partial charge in [0.25, 0.3) is 0 Å². The molecule has 0 aliphatic carbocycles. The molecule has 0 aromatic heterocycles. The Labute approximate surface area is 95.9 Å². The van der Waals surface area contributed by atoms with E-state index in [0.717, 1.165) is 19.6 Å². The smallest absolute Gasteiger partial charge is 0.236 e. The zero-order valence-electron chi connectivity index (χ0n) is 9.90. The summed E-state index contributed by atoms with van der Waals surface area (Å²) in [7, 11) is 0. The molecule has 1 amide bonds. The highest BCUT2D eigenvalue weighted by atomic mass is 16.2. The number of nitrogens with one attached hydrogen (secondary N) is 1. The molecule has 0 spiro atoms. The Bertz CT molecular complexity index is 269. The van der Waals surface area contributed by atoms with Crippen molar-refractivity contribution in [3.63, 3.8) is 0 Å². The van der Waals surface area contributed by atoms with Crippen molar-refractivity contribution in [3.8, 4) is 0 Å². The van der Waals surface area contributed by atoms with Crippen molar-refractivity contribution in [2.45, 2.75) is 13.8 Å². The van der Waals surface area contributed by atoms with Crippen molar-refractivity contribution in [3.05, 3.63) is 0 Å². The van der Waals surface area contributed by atoms with Gasteiger partial charge in [-0.1, -0.05) is 13.8 Å². The van der Waals surface area contributed by atoms with Crippen LogP contribution in [0.25, 0.3) is 0 Å². The molecular formula is C11H19N3O2. The number of ketones is 1. The van der Waals surface area contributed by atoms with Crippen molar-refractivity contribution < 1.29 is 9.59 Å². The third kappa shape index (κ3) is 3.41. The Morgan fingerprint density at radius 1 is 1.44 bits per heavy atom. The zero-order valence-corrected chi connectivity index (χ0v) is 9.90. The van der Waals surface area contributed by atoms with E-state index in [9.17, 15) is 9.59 Å². The molecule has 1 saturated heterocycles. The lowest BCUT2D eigenvalue weighted by atomic mass is 10.1. The first-order valence-electron chi connectivity index (χ1n) is 5.71. The second kappa shape index (κ2) is 6.37. The van der Waals surface area contributed by atoms with Crippen molar-refractivity contribution in [2.75, 3.05) is 32.7 Å². The third-order valence-electron chi connectivity index (χ3n) is 2.76. The van der Waals surface area contributed by atoms with E-state index in [1.165, 1.54) is 6.21 Å². The lowest BCUT2D eigenvalue weighted by Crippen LogP contribution is -2.26. The average molecular weight is 225 g/mol. The summed E-state index contributed by atoms with van der Waals surface area (Å²) in [6.45, 7) is 7.84. The number of carbonyl (C=O) groups is 2. The zero-order chi connectivity index (χ0) is 12.0. The molecule has 90 valence electrons. The van der Waals surface area contributed by atoms with Crippen molar-refractivity contribution in [2.24, 2.45) is 10.9 Å². The number of likely N-dealkylation sites (N-methyl/N-ethyl adjacent to an activating group) is 1. The normalized spacial score (nSPS) is 21.1. The van der Waals surface area contributed by atoms with Crippen LogP contribution < -0.4 is 5.32 Å². The first kappa shape index (κ1) is 12.8. The average Bonchev–Trinajstić information content (AvgIpc) is 2.60. The van der Waals surface area contributed by atoms with Crippen LogP contribution in [0.1, 0.15) is 13.8 Å². The van der Waals surface area contributed by atoms with Gasteiger partial charge in [-0.3, -0.25) is 14.6 Å². The minimum atomic E-state index is -0.656. The second-order valence-corrected chi connectivity index (χ2v) is 3.74. The highest BCUT2D eigenvalue weighted by Gasteiger charge is 2.30. The number of aliphatic imine (C=N–C) groups is 1. The van der Waals surface area contributed by atoms with Gasteiger partial charge in [0.1, 0.15) is 5.92 Å². The van der Waals surface area contributed by atoms with Crippen LogP contribution in [-0.4, -0.2) is 55.5 Å². The van der Waals surface area contributed by atoms with Crippen LogP contribution in [0, 0.1) is 5.92 Å². The predicted octanol–water partition coefficient (Wildman–Crippen LogP) is -0.286. The first-order chi connectivity index (χ1) is 7.69. The summed E-state index contributed by atoms with van der Waals surface area (Å²) in [4.78, 5) is 28.8. The van der Waals surface area contributed by atoms with Gasteiger partial charge in [0.15, 0.2) is 5.78 Å². The van der Waals surface area contributed by atoms with E-state index in [1.54, 1.807) is 0 Å². The fourth-order valence-electron chi connectivity index (χ4n) is 1.61. The van der Waals surface area contributed by atoms with Crippen LogP contribution in [0.4, 0.5) is 0 Å². The van der Waals surface area contributed by atoms with Gasteiger partial charge in [-0.15, -0.1) is 0 Å². The molecule has 1 unspecified atom stereocenters. The number of carbonyl (C=O) groups excluding carboxylic acids is 2. The van der Waals surface area contributed by atoms with Gasteiger partial charge in [0.05, 0.1) is 13.1 Å². The SMILES string of the molecule is CCN(CC)CCN=CC1C(=O)CNC1=O. The fraction of sp³-hybridized carbons (Fsp3) is 0.727. The summed E-state index contributed by atoms with van der Waals surface area (Å²) in [5, 5.41) is 2.50. The Morgan fingerprint density at radius 2 is 2.12 bits per heavy atom. The number of hydrogen-bond acceptors (Lipinski definition) is 4. The fourth-order valence-corrected chi connectivity index (χ4v) is 1.61. The van der Waals surface area contributed by atoms with Crippen LogP contribution >= 0.6 is 0 Å². The van der Waals surface area contributed by atoms with E-state index in [2.05, 4.69) is 29.1 Å². The maximum absolute atomic E-state index is 11.2. The van der Waals surface area contributed by atoms with E-state index in [4.69, 9.17) is 0 Å². The van der Waals surface area contributed by atoms with Crippen LogP contribution in [0.15, 0.2) is 4.99 Å². The molecule has 5 heteroatoms. The molecule has 0 radical (unpaired) electrons. The van der Waals surface area contributed by atoms with Crippen LogP contribution in [0.3, 0.4) is 0 Å². The van der Waals surface area contributed by atoms with E-state index in [0.29, 0.717) is 6.54 Å². The highest BCUT2D eigenvalue weighted by molar-refractivity contribution is 6.18. The molecule has 5 nitrogen and oxygen atoms in total. The predicted molar refractivity (Wildman–Crippen MR) is 62.7 cm³/mol. The molecule has 0 aromatic rings. The van der Waals surface area contributed by atoms with E-state index in [1.807, 2.05) is 0 Å². The van der Waals surface area contributed by atoms with Gasteiger partial charge in [-0.25, -0.2) is 0 Å². The topological polar surface area (TPSA) is 61.8 Å². The van der Waals surface area contributed by atoms with Crippen molar-refractivity contribution >= 4 is 17.9 Å². The van der Waals surface area contributed by atoms with Gasteiger partial charge in [0.2, 0.25) is 5.91 Å². The first-order valence-corrected chi connectivity index (χ1v) is 5.71. The highest BCUT2D eigenvalue weighted by Crippen LogP contribution is 2.02. The largest absolute Gasteiger partial charge is 0.348 e. The van der Waals surface area contributed by atoms with Gasteiger partial charge < -0.3 is 10.2 Å². The quantitative estimate of drug-likeness (QED) is 0.499. The number of hydrogen-bond donors (Lipinski definition) is 1. The van der Waals surface area contributed by atoms with E-state index >= 15 is 0 Å². The van der Waals surface area contributed by atoms with Crippen molar-refractivity contribution in [1.29, 1.82) is 0 Å². The lowest BCUT2D eigenvalue weighted by Gasteiger charge is -2.15. The molecule has 1 aliphatic heterocycles. The second-order valence-electron chi connectivity index (χ2n) is 3.74. The molecule has 0 aromatic carbocycles. The molecule has 1 atom stereocenters. The number of nitrogens with zero attached hydrogens (tertiary/aromatic N) is 2. The van der Waals surface area contributed by atoms with Gasteiger partial charge in [0, 0.05) is 12.8 Å². The van der Waals surface area contributed by atoms with Crippen molar-refractivity contribution in [1.82, 2.24) is 10.2 Å². The minimum absolute atomic E-state index is 0.0865. The third-order valence-corrected chi connectivity index (χ3v) is 2.76. The standard InChI is InChI=1S/C11H19N3O2/c1-3-14(4-2)6-5-12-7-9-10(15)8-13-11(9)16/h7,9H,3-6,8H2,1-2H3,(H,13,16). The van der Waals surface area contributed by atoms with Crippen LogP contribution in [-0.2, 0) is 9.59 Å². The number of amides is 1. The molecule has 16 heavy (non-hydrogen) atoms. The molecule has 1 fully saturated rings. The summed E-state index contributed by atoms with van der Waals surface area (Å²) in [6.07, 6.45) is 1.48. The van der Waals surface area contributed by atoms with Crippen LogP contribution in [0.2, 0.25) is 0 Å². The lowest BCUT2D eigenvalue weighted by molar-refractivity contribution is -0.124. The van der Waals surface area contributed by atoms with Gasteiger partial charge in [-0.05, 0) is 13.1 Å². The Kier molecular flexibility index (Phi) is 5.11. The summed E-state index contributed by atoms with van der Waals surface area (Å²) < 4.78 is 0. The Morgan fingerprint density at radius 3 is 2.62 bits per heavy atom. The summed E-state index contributed by atoms with van der Waals surface area (Å²) in [6, 6.07) is 0. The van der Waals surface area contributed by atoms with Crippen LogP contribution in [0.5, 0.6) is 0 Å².